The molecule has 0 unspecified atom stereocenters. The molecule has 2 aliphatic rings. The van der Waals surface area contributed by atoms with Crippen LogP contribution in [0, 0.1) is 12.8 Å². The standard InChI is InChI=1S/C19H24ClNO4/c1-12(2)11-24-18(23)21-6-4-19(5-7-21)10-16(22)14-9-15(20)13(3)8-17(14)25-19/h8-9,12H,4-7,10-11H2,1-3H3. The van der Waals surface area contributed by atoms with Crippen molar-refractivity contribution in [3.8, 4) is 5.75 Å². The number of carbonyl (C=O) groups excluding carboxylic acids is 2. The average Bonchev–Trinajstić information content (AvgIpc) is 2.55. The zero-order valence-corrected chi connectivity index (χ0v) is 15.7. The van der Waals surface area contributed by atoms with Crippen molar-refractivity contribution in [1.29, 1.82) is 0 Å². The lowest BCUT2D eigenvalue weighted by atomic mass is 9.82. The highest BCUT2D eigenvalue weighted by Gasteiger charge is 2.44. The number of benzene rings is 1. The van der Waals surface area contributed by atoms with Gasteiger partial charge in [0.05, 0.1) is 18.6 Å². The number of likely N-dealkylation sites (tertiary alicyclic amines) is 1. The van der Waals surface area contributed by atoms with E-state index in [4.69, 9.17) is 21.1 Å². The highest BCUT2D eigenvalue weighted by atomic mass is 35.5. The quantitative estimate of drug-likeness (QED) is 0.786. The molecule has 2 heterocycles. The highest BCUT2D eigenvalue weighted by molar-refractivity contribution is 6.31. The first-order valence-corrected chi connectivity index (χ1v) is 9.11. The minimum Gasteiger partial charge on any atom is -0.486 e. The summed E-state index contributed by atoms with van der Waals surface area (Å²) in [5.74, 6) is 0.971. The molecule has 0 saturated carbocycles. The fourth-order valence-corrected chi connectivity index (χ4v) is 3.48. The summed E-state index contributed by atoms with van der Waals surface area (Å²) in [5, 5.41) is 0.578. The maximum absolute atomic E-state index is 12.6. The molecule has 1 aromatic rings. The zero-order valence-electron chi connectivity index (χ0n) is 14.9. The second-order valence-electron chi connectivity index (χ2n) is 7.44. The molecule has 0 N–H and O–H groups in total. The van der Waals surface area contributed by atoms with Gasteiger partial charge in [0.2, 0.25) is 0 Å². The Balaban J connectivity index is 1.68. The molecular formula is C19H24ClNO4. The molecule has 1 amide bonds. The number of nitrogens with zero attached hydrogens (tertiary/aromatic N) is 1. The lowest BCUT2D eigenvalue weighted by Crippen LogP contribution is -2.52. The van der Waals surface area contributed by atoms with Crippen LogP contribution in [0.5, 0.6) is 5.75 Å². The van der Waals surface area contributed by atoms with Crippen LogP contribution in [0.3, 0.4) is 0 Å². The molecule has 0 aliphatic carbocycles. The second-order valence-corrected chi connectivity index (χ2v) is 7.85. The average molecular weight is 366 g/mol. The van der Waals surface area contributed by atoms with Gasteiger partial charge in [-0.3, -0.25) is 4.79 Å². The van der Waals surface area contributed by atoms with Gasteiger partial charge in [0.15, 0.2) is 5.78 Å². The third-order valence-corrected chi connectivity index (χ3v) is 5.25. The topological polar surface area (TPSA) is 55.8 Å². The Morgan fingerprint density at radius 2 is 2.04 bits per heavy atom. The van der Waals surface area contributed by atoms with Crippen molar-refractivity contribution in [3.63, 3.8) is 0 Å². The van der Waals surface area contributed by atoms with Gasteiger partial charge in [-0.15, -0.1) is 0 Å². The lowest BCUT2D eigenvalue weighted by Gasteiger charge is -2.43. The first-order valence-electron chi connectivity index (χ1n) is 8.74. The highest BCUT2D eigenvalue weighted by Crippen LogP contribution is 2.41. The van der Waals surface area contributed by atoms with Crippen molar-refractivity contribution in [3.05, 3.63) is 28.3 Å². The largest absolute Gasteiger partial charge is 0.486 e. The predicted molar refractivity (Wildman–Crippen MR) is 95.5 cm³/mol. The number of hydrogen-bond acceptors (Lipinski definition) is 4. The summed E-state index contributed by atoms with van der Waals surface area (Å²) in [7, 11) is 0. The summed E-state index contributed by atoms with van der Waals surface area (Å²) >= 11 is 6.13. The van der Waals surface area contributed by atoms with Crippen molar-refractivity contribution in [2.45, 2.75) is 45.6 Å². The number of fused-ring (bicyclic) bond motifs is 1. The fraction of sp³-hybridized carbons (Fsp3) is 0.579. The van der Waals surface area contributed by atoms with Crippen LogP contribution in [0.25, 0.3) is 0 Å². The van der Waals surface area contributed by atoms with Crippen molar-refractivity contribution < 1.29 is 19.1 Å². The van der Waals surface area contributed by atoms with Crippen molar-refractivity contribution in [2.75, 3.05) is 19.7 Å². The van der Waals surface area contributed by atoms with E-state index in [0.717, 1.165) is 5.56 Å². The van der Waals surface area contributed by atoms with E-state index in [9.17, 15) is 9.59 Å². The number of carbonyl (C=O) groups is 2. The second kappa shape index (κ2) is 6.87. The number of Topliss-reactive ketones (excluding diaryl/α,β-unsaturated/α-hetero) is 1. The monoisotopic (exact) mass is 365 g/mol. The minimum atomic E-state index is -0.529. The van der Waals surface area contributed by atoms with Crippen molar-refractivity contribution in [1.82, 2.24) is 4.90 Å². The van der Waals surface area contributed by atoms with Gasteiger partial charge >= 0.3 is 6.09 Å². The molecule has 136 valence electrons. The van der Waals surface area contributed by atoms with E-state index in [0.29, 0.717) is 61.2 Å². The first kappa shape index (κ1) is 18.1. The van der Waals surface area contributed by atoms with Gasteiger partial charge in [-0.1, -0.05) is 25.4 Å². The van der Waals surface area contributed by atoms with Gasteiger partial charge in [0, 0.05) is 31.0 Å². The smallest absolute Gasteiger partial charge is 0.409 e. The summed E-state index contributed by atoms with van der Waals surface area (Å²) in [6, 6.07) is 3.53. The number of ketones is 1. The maximum Gasteiger partial charge on any atom is 0.409 e. The van der Waals surface area contributed by atoms with Crippen LogP contribution < -0.4 is 4.74 Å². The SMILES string of the molecule is Cc1cc2c(cc1Cl)C(=O)CC1(CCN(C(=O)OCC(C)C)CC1)O2. The number of piperidine rings is 1. The van der Waals surface area contributed by atoms with E-state index in [1.807, 2.05) is 26.8 Å². The van der Waals surface area contributed by atoms with Crippen LogP contribution in [0.4, 0.5) is 4.79 Å². The van der Waals surface area contributed by atoms with E-state index < -0.39 is 5.60 Å². The molecule has 0 atom stereocenters. The molecular weight excluding hydrogens is 342 g/mol. The molecule has 0 radical (unpaired) electrons. The Labute approximate surface area is 153 Å². The van der Waals surface area contributed by atoms with Crippen LogP contribution in [0.15, 0.2) is 12.1 Å². The molecule has 1 spiro atoms. The summed E-state index contributed by atoms with van der Waals surface area (Å²) in [4.78, 5) is 26.4. The number of halogens is 1. The molecule has 1 saturated heterocycles. The summed E-state index contributed by atoms with van der Waals surface area (Å²) < 4.78 is 11.5. The van der Waals surface area contributed by atoms with Gasteiger partial charge < -0.3 is 14.4 Å². The lowest BCUT2D eigenvalue weighted by molar-refractivity contribution is -0.0100. The van der Waals surface area contributed by atoms with Crippen LogP contribution in [-0.2, 0) is 4.74 Å². The van der Waals surface area contributed by atoms with Crippen molar-refractivity contribution in [2.24, 2.45) is 5.92 Å². The number of rotatable bonds is 2. The fourth-order valence-electron chi connectivity index (χ4n) is 3.32. The van der Waals surface area contributed by atoms with Gasteiger partial charge in [0.25, 0.3) is 0 Å². The van der Waals surface area contributed by atoms with Gasteiger partial charge in [-0.05, 0) is 30.5 Å². The number of amides is 1. The molecule has 2 aliphatic heterocycles. The van der Waals surface area contributed by atoms with E-state index in [1.165, 1.54) is 0 Å². The van der Waals surface area contributed by atoms with E-state index in [-0.39, 0.29) is 11.9 Å². The van der Waals surface area contributed by atoms with Crippen LogP contribution in [-0.4, -0.2) is 42.1 Å². The maximum atomic E-state index is 12.6. The predicted octanol–water partition coefficient (Wildman–Crippen LogP) is 4.24. The van der Waals surface area contributed by atoms with Crippen LogP contribution in [0.2, 0.25) is 5.02 Å². The zero-order chi connectivity index (χ0) is 18.2. The minimum absolute atomic E-state index is 0.0546. The normalized spacial score (nSPS) is 18.9. The summed E-state index contributed by atoms with van der Waals surface area (Å²) in [5.41, 5.74) is 0.916. The Morgan fingerprint density at radius 3 is 2.68 bits per heavy atom. The summed E-state index contributed by atoms with van der Waals surface area (Å²) in [6.07, 6.45) is 1.29. The van der Waals surface area contributed by atoms with Gasteiger partial charge in [-0.2, -0.15) is 0 Å². The van der Waals surface area contributed by atoms with Gasteiger partial charge in [-0.25, -0.2) is 4.79 Å². The molecule has 3 rings (SSSR count). The number of ether oxygens (including phenoxy) is 2. The van der Waals surface area contributed by atoms with Crippen LogP contribution in [0.1, 0.15) is 49.0 Å². The molecule has 0 bridgehead atoms. The Kier molecular flexibility index (Phi) is 4.96. The first-order chi connectivity index (χ1) is 11.8. The molecule has 6 heteroatoms. The Hall–Kier alpha value is -1.75. The third-order valence-electron chi connectivity index (χ3n) is 4.84. The number of hydrogen-bond donors (Lipinski definition) is 0. The van der Waals surface area contributed by atoms with E-state index in [1.54, 1.807) is 11.0 Å². The van der Waals surface area contributed by atoms with E-state index in [2.05, 4.69) is 0 Å². The Bertz CT molecular complexity index is 693. The third kappa shape index (κ3) is 3.76. The van der Waals surface area contributed by atoms with Crippen molar-refractivity contribution >= 4 is 23.5 Å². The molecule has 5 nitrogen and oxygen atoms in total. The summed E-state index contributed by atoms with van der Waals surface area (Å²) in [6.45, 7) is 7.39. The van der Waals surface area contributed by atoms with E-state index >= 15 is 0 Å². The molecule has 1 fully saturated rings. The molecule has 1 aromatic carbocycles. The Morgan fingerprint density at radius 1 is 1.36 bits per heavy atom. The molecule has 25 heavy (non-hydrogen) atoms. The van der Waals surface area contributed by atoms with Crippen LogP contribution >= 0.6 is 11.6 Å². The number of aryl methyl sites for hydroxylation is 1. The molecule has 0 aromatic heterocycles. The van der Waals surface area contributed by atoms with Gasteiger partial charge in [0.1, 0.15) is 11.4 Å².